The monoisotopic (exact) mass is 412 g/mol. The molecule has 3 amide bonds. The van der Waals surface area contributed by atoms with E-state index in [1.807, 2.05) is 0 Å². The molecule has 2 aromatic rings. The van der Waals surface area contributed by atoms with Crippen LogP contribution in [-0.2, 0) is 14.8 Å². The molecule has 27 heavy (non-hydrogen) atoms. The number of sulfonamides is 1. The van der Waals surface area contributed by atoms with Gasteiger partial charge in [0.15, 0.2) is 0 Å². The SMILES string of the molecule is COc1ccc(NC(=O)CNC(N)=O)cc1S(=O)(=O)Nc1ccccc1Cl. The van der Waals surface area contributed by atoms with E-state index in [-0.39, 0.29) is 33.6 Å². The van der Waals surface area contributed by atoms with Crippen molar-refractivity contribution in [3.8, 4) is 5.75 Å². The van der Waals surface area contributed by atoms with Crippen LogP contribution in [0, 0.1) is 0 Å². The number of primary amides is 1. The minimum absolute atomic E-state index is 0.0720. The number of urea groups is 1. The molecule has 0 aromatic heterocycles. The number of benzene rings is 2. The van der Waals surface area contributed by atoms with Crippen molar-refractivity contribution in [3.05, 3.63) is 47.5 Å². The van der Waals surface area contributed by atoms with Gasteiger partial charge in [-0.25, -0.2) is 13.2 Å². The van der Waals surface area contributed by atoms with Crippen molar-refractivity contribution >= 4 is 44.9 Å². The fourth-order valence-electron chi connectivity index (χ4n) is 2.08. The van der Waals surface area contributed by atoms with Crippen LogP contribution in [0.4, 0.5) is 16.2 Å². The Morgan fingerprint density at radius 3 is 2.52 bits per heavy atom. The molecule has 0 fully saturated rings. The van der Waals surface area contributed by atoms with Crippen LogP contribution in [0.1, 0.15) is 0 Å². The highest BCUT2D eigenvalue weighted by atomic mass is 35.5. The van der Waals surface area contributed by atoms with Gasteiger partial charge >= 0.3 is 6.03 Å². The van der Waals surface area contributed by atoms with Gasteiger partial charge in [0.1, 0.15) is 10.6 Å². The quantitative estimate of drug-likeness (QED) is 0.548. The highest BCUT2D eigenvalue weighted by Crippen LogP contribution is 2.30. The standard InChI is InChI=1S/C16H17ClN4O5S/c1-26-13-7-6-10(20-15(22)9-19-16(18)23)8-14(13)27(24,25)21-12-5-3-2-4-11(12)17/h2-8,21H,9H2,1H3,(H,20,22)(H3,18,19,23). The summed E-state index contributed by atoms with van der Waals surface area (Å²) in [6, 6.07) is 9.55. The minimum atomic E-state index is -4.06. The Morgan fingerprint density at radius 1 is 1.19 bits per heavy atom. The van der Waals surface area contributed by atoms with Gasteiger partial charge in [-0.05, 0) is 30.3 Å². The molecule has 144 valence electrons. The van der Waals surface area contributed by atoms with Crippen molar-refractivity contribution in [1.29, 1.82) is 0 Å². The molecular weight excluding hydrogens is 396 g/mol. The number of ether oxygens (including phenoxy) is 1. The van der Waals surface area contributed by atoms with E-state index in [9.17, 15) is 18.0 Å². The average molecular weight is 413 g/mol. The number of carbonyl (C=O) groups is 2. The second kappa shape index (κ2) is 8.60. The number of methoxy groups -OCH3 is 1. The fourth-order valence-corrected chi connectivity index (χ4v) is 3.60. The first-order valence-corrected chi connectivity index (χ1v) is 9.37. The molecule has 0 aliphatic heterocycles. The lowest BCUT2D eigenvalue weighted by atomic mass is 10.3. The second-order valence-electron chi connectivity index (χ2n) is 5.22. The topological polar surface area (TPSA) is 140 Å². The number of hydrogen-bond donors (Lipinski definition) is 4. The Labute approximate surface area is 160 Å². The molecule has 11 heteroatoms. The number of carbonyl (C=O) groups excluding carboxylic acids is 2. The number of hydrogen-bond acceptors (Lipinski definition) is 5. The Kier molecular flexibility index (Phi) is 6.48. The predicted molar refractivity (Wildman–Crippen MR) is 101 cm³/mol. The zero-order valence-electron chi connectivity index (χ0n) is 14.2. The van der Waals surface area contributed by atoms with Crippen LogP contribution in [0.3, 0.4) is 0 Å². The Morgan fingerprint density at radius 2 is 1.89 bits per heavy atom. The van der Waals surface area contributed by atoms with Gasteiger partial charge in [0.2, 0.25) is 5.91 Å². The van der Waals surface area contributed by atoms with Crippen molar-refractivity contribution in [3.63, 3.8) is 0 Å². The summed E-state index contributed by atoms with van der Waals surface area (Å²) in [6.45, 7) is -0.360. The summed E-state index contributed by atoms with van der Waals surface area (Å²) in [5, 5.41) is 4.81. The van der Waals surface area contributed by atoms with Crippen LogP contribution < -0.4 is 25.8 Å². The van der Waals surface area contributed by atoms with Crippen LogP contribution in [0.25, 0.3) is 0 Å². The average Bonchev–Trinajstić information content (AvgIpc) is 2.62. The lowest BCUT2D eigenvalue weighted by Gasteiger charge is -2.14. The molecule has 0 radical (unpaired) electrons. The van der Waals surface area contributed by atoms with Crippen molar-refractivity contribution in [2.24, 2.45) is 5.73 Å². The van der Waals surface area contributed by atoms with Crippen LogP contribution in [0.5, 0.6) is 5.75 Å². The maximum absolute atomic E-state index is 12.8. The van der Waals surface area contributed by atoms with Gasteiger partial charge in [-0.15, -0.1) is 0 Å². The molecular formula is C16H17ClN4O5S. The first kappa shape index (κ1) is 20.3. The third-order valence-corrected chi connectivity index (χ3v) is 4.99. The highest BCUT2D eigenvalue weighted by Gasteiger charge is 2.21. The molecule has 0 aliphatic carbocycles. The number of para-hydroxylation sites is 1. The molecule has 0 bridgehead atoms. The normalized spacial score (nSPS) is 10.7. The molecule has 0 heterocycles. The molecule has 0 unspecified atom stereocenters. The van der Waals surface area contributed by atoms with Crippen LogP contribution in [0.15, 0.2) is 47.4 Å². The van der Waals surface area contributed by atoms with Gasteiger partial charge in [-0.1, -0.05) is 23.7 Å². The van der Waals surface area contributed by atoms with Crippen molar-refractivity contribution in [2.45, 2.75) is 4.90 Å². The second-order valence-corrected chi connectivity index (χ2v) is 7.27. The van der Waals surface area contributed by atoms with Crippen molar-refractivity contribution in [2.75, 3.05) is 23.7 Å². The summed E-state index contributed by atoms with van der Waals surface area (Å²) in [7, 11) is -2.74. The van der Waals surface area contributed by atoms with Crippen LogP contribution >= 0.6 is 11.6 Å². The number of nitrogens with one attached hydrogen (secondary N) is 3. The van der Waals surface area contributed by atoms with E-state index in [1.165, 1.54) is 31.4 Å². The summed E-state index contributed by atoms with van der Waals surface area (Å²) in [4.78, 5) is 22.2. The Balaban J connectivity index is 2.30. The van der Waals surface area contributed by atoms with E-state index in [2.05, 4.69) is 15.4 Å². The maximum Gasteiger partial charge on any atom is 0.312 e. The zero-order valence-corrected chi connectivity index (χ0v) is 15.7. The van der Waals surface area contributed by atoms with Crippen molar-refractivity contribution in [1.82, 2.24) is 5.32 Å². The van der Waals surface area contributed by atoms with Gasteiger partial charge in [0, 0.05) is 5.69 Å². The first-order chi connectivity index (χ1) is 12.7. The molecule has 0 aliphatic rings. The summed E-state index contributed by atoms with van der Waals surface area (Å²) in [5.41, 5.74) is 5.28. The third kappa shape index (κ3) is 5.50. The molecule has 0 spiro atoms. The molecule has 5 N–H and O–H groups in total. The maximum atomic E-state index is 12.8. The van der Waals surface area contributed by atoms with Gasteiger partial charge in [0.25, 0.3) is 10.0 Å². The van der Waals surface area contributed by atoms with E-state index in [4.69, 9.17) is 22.1 Å². The zero-order chi connectivity index (χ0) is 20.0. The smallest absolute Gasteiger partial charge is 0.312 e. The van der Waals surface area contributed by atoms with Gasteiger partial charge in [-0.2, -0.15) is 0 Å². The van der Waals surface area contributed by atoms with Gasteiger partial charge in [0.05, 0.1) is 24.4 Å². The third-order valence-electron chi connectivity index (χ3n) is 3.28. The fraction of sp³-hybridized carbons (Fsp3) is 0.125. The molecule has 9 nitrogen and oxygen atoms in total. The van der Waals surface area contributed by atoms with Gasteiger partial charge < -0.3 is 21.1 Å². The van der Waals surface area contributed by atoms with E-state index in [0.29, 0.717) is 0 Å². The minimum Gasteiger partial charge on any atom is -0.495 e. The molecule has 0 atom stereocenters. The number of rotatable bonds is 7. The summed E-state index contributed by atoms with van der Waals surface area (Å²) < 4.78 is 33.0. The summed E-state index contributed by atoms with van der Waals surface area (Å²) in [6.07, 6.45) is 0. The molecule has 0 saturated heterocycles. The summed E-state index contributed by atoms with van der Waals surface area (Å²) >= 11 is 5.99. The van der Waals surface area contributed by atoms with E-state index in [0.717, 1.165) is 0 Å². The number of halogens is 1. The Bertz CT molecular complexity index is 965. The largest absolute Gasteiger partial charge is 0.495 e. The highest BCUT2D eigenvalue weighted by molar-refractivity contribution is 7.92. The number of amides is 3. The molecule has 0 saturated carbocycles. The summed E-state index contributed by atoms with van der Waals surface area (Å²) in [5.74, 6) is -0.510. The first-order valence-electron chi connectivity index (χ1n) is 7.51. The lowest BCUT2D eigenvalue weighted by molar-refractivity contribution is -0.115. The molecule has 2 aromatic carbocycles. The van der Waals surface area contributed by atoms with Crippen LogP contribution in [-0.4, -0.2) is 34.0 Å². The van der Waals surface area contributed by atoms with Crippen LogP contribution in [0.2, 0.25) is 5.02 Å². The number of nitrogens with two attached hydrogens (primary N) is 1. The van der Waals surface area contributed by atoms with E-state index in [1.54, 1.807) is 18.2 Å². The van der Waals surface area contributed by atoms with E-state index >= 15 is 0 Å². The number of anilines is 2. The Hall–Kier alpha value is -2.98. The lowest BCUT2D eigenvalue weighted by Crippen LogP contribution is -2.36. The van der Waals surface area contributed by atoms with Gasteiger partial charge in [-0.3, -0.25) is 9.52 Å². The van der Waals surface area contributed by atoms with Crippen molar-refractivity contribution < 1.29 is 22.7 Å². The predicted octanol–water partition coefficient (Wildman–Crippen LogP) is 1.76. The molecule has 2 rings (SSSR count). The van der Waals surface area contributed by atoms with E-state index < -0.39 is 22.0 Å².